The maximum absolute atomic E-state index is 4.97. The smallest absolute Gasteiger partial charge is 0.0569 e. The first-order valence-corrected chi connectivity index (χ1v) is 2.85. The lowest BCUT2D eigenvalue weighted by Crippen LogP contribution is -1.89. The van der Waals surface area contributed by atoms with Crippen LogP contribution in [0.15, 0.2) is 29.4 Å². The lowest BCUT2D eigenvalue weighted by Gasteiger charge is -1.81. The van der Waals surface area contributed by atoms with Crippen LogP contribution >= 0.6 is 0 Å². The van der Waals surface area contributed by atoms with Gasteiger partial charge in [-0.25, -0.2) is 0 Å². The fourth-order valence-corrected chi connectivity index (χ4v) is 0.349. The van der Waals surface area contributed by atoms with E-state index in [-0.39, 0.29) is 0 Å². The van der Waals surface area contributed by atoms with Gasteiger partial charge in [0.25, 0.3) is 0 Å². The highest BCUT2D eigenvalue weighted by atomic mass is 15.1. The summed E-state index contributed by atoms with van der Waals surface area (Å²) in [4.78, 5) is 0. The van der Waals surface area contributed by atoms with Crippen molar-refractivity contribution in [3.8, 4) is 0 Å². The molecule has 2 heteroatoms. The molecule has 0 unspecified atom stereocenters. The minimum absolute atomic E-state index is 0.827. The molecule has 2 N–H and O–H groups in total. The molecular weight excluding hydrogens is 112 g/mol. The Morgan fingerprint density at radius 1 is 1.44 bits per heavy atom. The predicted molar refractivity (Wildman–Crippen MR) is 41.3 cm³/mol. The van der Waals surface area contributed by atoms with Crippen molar-refractivity contribution in [2.75, 3.05) is 0 Å². The van der Waals surface area contributed by atoms with E-state index in [0.717, 1.165) is 5.71 Å². The maximum atomic E-state index is 4.97. The van der Waals surface area contributed by atoms with E-state index in [0.29, 0.717) is 0 Å². The number of hydrazone groups is 1. The van der Waals surface area contributed by atoms with Gasteiger partial charge in [-0.2, -0.15) is 5.10 Å². The Morgan fingerprint density at radius 2 is 2.11 bits per heavy atom. The topological polar surface area (TPSA) is 38.4 Å². The molecule has 0 bridgehead atoms. The van der Waals surface area contributed by atoms with E-state index in [4.69, 9.17) is 5.84 Å². The van der Waals surface area contributed by atoms with Crippen LogP contribution in [0.2, 0.25) is 0 Å². The summed E-state index contributed by atoms with van der Waals surface area (Å²) in [5.74, 6) is 4.97. The van der Waals surface area contributed by atoms with Gasteiger partial charge in [0, 0.05) is 0 Å². The average Bonchev–Trinajstić information content (AvgIpc) is 1.89. The molecule has 0 fully saturated rings. The van der Waals surface area contributed by atoms with Gasteiger partial charge < -0.3 is 5.84 Å². The zero-order chi connectivity index (χ0) is 7.11. The van der Waals surface area contributed by atoms with E-state index in [1.807, 2.05) is 38.2 Å². The normalized spacial score (nSPS) is 13.8. The van der Waals surface area contributed by atoms with Crippen LogP contribution in [0.1, 0.15) is 13.8 Å². The first-order chi connectivity index (χ1) is 4.31. The van der Waals surface area contributed by atoms with Crippen LogP contribution in [0.5, 0.6) is 0 Å². The van der Waals surface area contributed by atoms with Crippen LogP contribution in [-0.2, 0) is 0 Å². The third-order valence-corrected chi connectivity index (χ3v) is 0.845. The first kappa shape index (κ1) is 7.95. The second-order valence-electron chi connectivity index (χ2n) is 1.66. The number of hydrogen-bond acceptors (Lipinski definition) is 2. The van der Waals surface area contributed by atoms with E-state index >= 15 is 0 Å². The summed E-state index contributed by atoms with van der Waals surface area (Å²) in [6.45, 7) is 3.80. The second-order valence-corrected chi connectivity index (χ2v) is 1.66. The second kappa shape index (κ2) is 5.09. The third kappa shape index (κ3) is 4.81. The highest BCUT2D eigenvalue weighted by Crippen LogP contribution is 1.79. The largest absolute Gasteiger partial charge is 0.323 e. The van der Waals surface area contributed by atoms with Crippen LogP contribution in [0.4, 0.5) is 0 Å². The van der Waals surface area contributed by atoms with E-state index in [1.54, 1.807) is 0 Å². The third-order valence-electron chi connectivity index (χ3n) is 0.845. The predicted octanol–water partition coefficient (Wildman–Crippen LogP) is 1.45. The van der Waals surface area contributed by atoms with Gasteiger partial charge in [-0.05, 0) is 19.9 Å². The van der Waals surface area contributed by atoms with E-state index in [1.165, 1.54) is 0 Å². The quantitative estimate of drug-likeness (QED) is 0.257. The van der Waals surface area contributed by atoms with Crippen molar-refractivity contribution in [2.24, 2.45) is 10.9 Å². The molecule has 0 aliphatic carbocycles. The number of rotatable bonds is 2. The summed E-state index contributed by atoms with van der Waals surface area (Å²) in [6, 6.07) is 0. The molecule has 0 amide bonds. The number of allylic oxidation sites excluding steroid dienone is 4. The lowest BCUT2D eigenvalue weighted by molar-refractivity contribution is 1.24. The summed E-state index contributed by atoms with van der Waals surface area (Å²) in [5, 5.41) is 3.46. The first-order valence-electron chi connectivity index (χ1n) is 2.85. The number of nitrogens with zero attached hydrogens (tertiary/aromatic N) is 1. The molecule has 0 atom stereocenters. The van der Waals surface area contributed by atoms with Crippen molar-refractivity contribution in [1.29, 1.82) is 0 Å². The van der Waals surface area contributed by atoms with E-state index < -0.39 is 0 Å². The summed E-state index contributed by atoms with van der Waals surface area (Å²) >= 11 is 0. The van der Waals surface area contributed by atoms with Crippen LogP contribution in [-0.4, -0.2) is 5.71 Å². The van der Waals surface area contributed by atoms with Crippen molar-refractivity contribution >= 4 is 5.71 Å². The van der Waals surface area contributed by atoms with Gasteiger partial charge in [-0.3, -0.25) is 0 Å². The molecule has 0 aromatic rings. The summed E-state index contributed by atoms with van der Waals surface area (Å²) in [6.07, 6.45) is 7.61. The van der Waals surface area contributed by atoms with Gasteiger partial charge in [-0.1, -0.05) is 18.2 Å². The van der Waals surface area contributed by atoms with E-state index in [9.17, 15) is 0 Å². The van der Waals surface area contributed by atoms with Gasteiger partial charge in [-0.15, -0.1) is 0 Å². The zero-order valence-electron chi connectivity index (χ0n) is 5.83. The van der Waals surface area contributed by atoms with Crippen molar-refractivity contribution in [2.45, 2.75) is 13.8 Å². The van der Waals surface area contributed by atoms with Crippen LogP contribution in [0.25, 0.3) is 0 Å². The van der Waals surface area contributed by atoms with Crippen LogP contribution in [0, 0.1) is 0 Å². The molecule has 0 aliphatic rings. The highest BCUT2D eigenvalue weighted by Gasteiger charge is 1.74. The minimum Gasteiger partial charge on any atom is -0.323 e. The molecule has 0 radical (unpaired) electrons. The molecule has 0 spiro atoms. The Kier molecular flexibility index (Phi) is 4.50. The summed E-state index contributed by atoms with van der Waals surface area (Å²) in [5.41, 5.74) is 0.827. The number of hydrogen-bond donors (Lipinski definition) is 1. The molecule has 0 aromatic carbocycles. The average molecular weight is 124 g/mol. The monoisotopic (exact) mass is 124 g/mol. The fourth-order valence-electron chi connectivity index (χ4n) is 0.349. The van der Waals surface area contributed by atoms with Gasteiger partial charge in [0.1, 0.15) is 0 Å². The Balaban J connectivity index is 3.71. The van der Waals surface area contributed by atoms with Gasteiger partial charge in [0.05, 0.1) is 5.71 Å². The molecule has 0 rings (SSSR count). The van der Waals surface area contributed by atoms with Crippen molar-refractivity contribution in [3.63, 3.8) is 0 Å². The van der Waals surface area contributed by atoms with Crippen LogP contribution in [0.3, 0.4) is 0 Å². The zero-order valence-corrected chi connectivity index (χ0v) is 5.83. The molecule has 0 saturated heterocycles. The Hall–Kier alpha value is -1.05. The SMILES string of the molecule is C/C=C/C=C\C(C)=N\N. The molecular formula is C7H12N2. The Bertz CT molecular complexity index is 143. The fraction of sp³-hybridized carbons (Fsp3) is 0.286. The number of nitrogens with two attached hydrogens (primary N) is 1. The van der Waals surface area contributed by atoms with Gasteiger partial charge >= 0.3 is 0 Å². The van der Waals surface area contributed by atoms with Crippen molar-refractivity contribution < 1.29 is 0 Å². The van der Waals surface area contributed by atoms with E-state index in [2.05, 4.69) is 5.10 Å². The van der Waals surface area contributed by atoms with Crippen LogP contribution < -0.4 is 5.84 Å². The molecule has 50 valence electrons. The molecule has 0 aromatic heterocycles. The Labute approximate surface area is 55.8 Å². The molecule has 0 heterocycles. The minimum atomic E-state index is 0.827. The molecule has 0 aliphatic heterocycles. The van der Waals surface area contributed by atoms with Gasteiger partial charge in [0.15, 0.2) is 0 Å². The molecule has 0 saturated carbocycles. The van der Waals surface area contributed by atoms with Crippen molar-refractivity contribution in [1.82, 2.24) is 0 Å². The van der Waals surface area contributed by atoms with Crippen molar-refractivity contribution in [3.05, 3.63) is 24.3 Å². The standard InChI is InChI=1S/C7H12N2/c1-3-4-5-6-7(2)9-8/h3-6H,8H2,1-2H3/b4-3+,6-5-,9-7+. The molecule has 9 heavy (non-hydrogen) atoms. The van der Waals surface area contributed by atoms with Gasteiger partial charge in [0.2, 0.25) is 0 Å². The summed E-state index contributed by atoms with van der Waals surface area (Å²) in [7, 11) is 0. The summed E-state index contributed by atoms with van der Waals surface area (Å²) < 4.78 is 0. The lowest BCUT2D eigenvalue weighted by atomic mass is 10.3. The maximum Gasteiger partial charge on any atom is 0.0569 e. The Morgan fingerprint density at radius 3 is 2.56 bits per heavy atom. The molecule has 2 nitrogen and oxygen atoms in total. The highest BCUT2D eigenvalue weighted by molar-refractivity contribution is 5.92.